The Balaban J connectivity index is 1.76. The lowest BCUT2D eigenvalue weighted by Crippen LogP contribution is -2.06. The van der Waals surface area contributed by atoms with Crippen LogP contribution in [-0.2, 0) is 6.54 Å². The molecule has 4 aromatic rings. The molecule has 4 rings (SSSR count). The maximum absolute atomic E-state index is 5.40. The van der Waals surface area contributed by atoms with Crippen molar-refractivity contribution in [2.75, 3.05) is 12.4 Å². The van der Waals surface area contributed by atoms with E-state index in [9.17, 15) is 0 Å². The van der Waals surface area contributed by atoms with Crippen LogP contribution in [0.15, 0.2) is 48.8 Å². The molecule has 0 saturated heterocycles. The summed E-state index contributed by atoms with van der Waals surface area (Å²) in [4.78, 5) is 4.71. The quantitative estimate of drug-likeness (QED) is 0.626. The first-order valence-corrected chi connectivity index (χ1v) is 7.72. The number of hydrogen-bond donors (Lipinski definition) is 1. The van der Waals surface area contributed by atoms with E-state index in [-0.39, 0.29) is 0 Å². The molecular weight excluding hydrogens is 302 g/mol. The van der Waals surface area contributed by atoms with Crippen molar-refractivity contribution >= 4 is 22.5 Å². The van der Waals surface area contributed by atoms with Crippen molar-refractivity contribution < 1.29 is 4.74 Å². The smallest absolute Gasteiger partial charge is 0.203 e. The highest BCUT2D eigenvalue weighted by Crippen LogP contribution is 2.23. The number of ether oxygens (including phenoxy) is 1. The second-order valence-electron chi connectivity index (χ2n) is 5.64. The maximum atomic E-state index is 5.40. The minimum Gasteiger partial charge on any atom is -0.496 e. The molecule has 0 atom stereocenters. The molecule has 0 amide bonds. The second kappa shape index (κ2) is 5.81. The summed E-state index contributed by atoms with van der Waals surface area (Å²) in [7, 11) is 1.67. The van der Waals surface area contributed by atoms with E-state index in [1.807, 2.05) is 34.7 Å². The fourth-order valence-corrected chi connectivity index (χ4v) is 2.81. The predicted molar refractivity (Wildman–Crippen MR) is 93.3 cm³/mol. The molecule has 24 heavy (non-hydrogen) atoms. The molecule has 6 heteroatoms. The molecule has 0 bridgehead atoms. The normalized spacial score (nSPS) is 11.1. The Morgan fingerprint density at radius 2 is 2.04 bits per heavy atom. The van der Waals surface area contributed by atoms with Crippen molar-refractivity contribution in [3.05, 3.63) is 59.9 Å². The largest absolute Gasteiger partial charge is 0.496 e. The van der Waals surface area contributed by atoms with Gasteiger partial charge in [-0.1, -0.05) is 24.3 Å². The number of anilines is 1. The highest BCUT2D eigenvalue weighted by Gasteiger charge is 2.11. The van der Waals surface area contributed by atoms with E-state index in [1.165, 1.54) is 5.56 Å². The number of benzene rings is 2. The van der Waals surface area contributed by atoms with Crippen molar-refractivity contribution in [1.82, 2.24) is 19.6 Å². The summed E-state index contributed by atoms with van der Waals surface area (Å²) in [6.07, 6.45) is 1.72. The Bertz CT molecular complexity index is 1020. The average molecular weight is 319 g/mol. The third kappa shape index (κ3) is 2.42. The molecule has 2 heterocycles. The Morgan fingerprint density at radius 1 is 1.17 bits per heavy atom. The number of para-hydroxylation sites is 1. The van der Waals surface area contributed by atoms with E-state index in [2.05, 4.69) is 34.6 Å². The van der Waals surface area contributed by atoms with Crippen LogP contribution in [-0.4, -0.2) is 26.7 Å². The Morgan fingerprint density at radius 3 is 2.92 bits per heavy atom. The number of aryl methyl sites for hydroxylation is 1. The molecule has 0 aliphatic carbocycles. The first-order valence-electron chi connectivity index (χ1n) is 7.72. The first-order chi connectivity index (χ1) is 11.8. The second-order valence-corrected chi connectivity index (χ2v) is 5.64. The topological polar surface area (TPSA) is 64.3 Å². The van der Waals surface area contributed by atoms with Gasteiger partial charge in [0.1, 0.15) is 12.1 Å². The number of aromatic nitrogens is 4. The van der Waals surface area contributed by atoms with E-state index < -0.39 is 0 Å². The summed E-state index contributed by atoms with van der Waals surface area (Å²) < 4.78 is 7.35. The highest BCUT2D eigenvalue weighted by molar-refractivity contribution is 5.83. The van der Waals surface area contributed by atoms with Crippen LogP contribution in [0.1, 0.15) is 11.1 Å². The van der Waals surface area contributed by atoms with Crippen LogP contribution in [0.25, 0.3) is 16.7 Å². The number of rotatable bonds is 4. The molecule has 0 saturated carbocycles. The fourth-order valence-electron chi connectivity index (χ4n) is 2.81. The summed E-state index contributed by atoms with van der Waals surface area (Å²) in [5.74, 6) is 1.55. The number of nitrogens with one attached hydrogen (secondary N) is 1. The molecule has 2 aromatic carbocycles. The van der Waals surface area contributed by atoms with E-state index in [4.69, 9.17) is 9.72 Å². The molecule has 0 fully saturated rings. The monoisotopic (exact) mass is 319 g/mol. The van der Waals surface area contributed by atoms with Gasteiger partial charge in [0.25, 0.3) is 0 Å². The van der Waals surface area contributed by atoms with Gasteiger partial charge in [-0.05, 0) is 30.7 Å². The van der Waals surface area contributed by atoms with Crippen LogP contribution in [0.3, 0.4) is 0 Å². The van der Waals surface area contributed by atoms with Crippen LogP contribution in [0.2, 0.25) is 0 Å². The van der Waals surface area contributed by atoms with Crippen molar-refractivity contribution in [2.24, 2.45) is 0 Å². The molecular formula is C18H17N5O. The van der Waals surface area contributed by atoms with Crippen molar-refractivity contribution in [1.29, 1.82) is 0 Å². The van der Waals surface area contributed by atoms with Crippen LogP contribution in [0.5, 0.6) is 5.75 Å². The fraction of sp³-hybridized carbons (Fsp3) is 0.167. The molecule has 120 valence electrons. The molecule has 0 spiro atoms. The lowest BCUT2D eigenvalue weighted by Gasteiger charge is -2.11. The summed E-state index contributed by atoms with van der Waals surface area (Å²) in [6, 6.07) is 14.1. The number of hydrogen-bond acceptors (Lipinski definition) is 5. The lowest BCUT2D eigenvalue weighted by atomic mass is 10.2. The van der Waals surface area contributed by atoms with Crippen LogP contribution in [0, 0.1) is 6.92 Å². The van der Waals surface area contributed by atoms with E-state index in [0.29, 0.717) is 18.0 Å². The summed E-state index contributed by atoms with van der Waals surface area (Å²) in [5, 5.41) is 11.6. The van der Waals surface area contributed by atoms with Crippen LogP contribution in [0.4, 0.5) is 5.82 Å². The number of methoxy groups -OCH3 is 1. The molecule has 0 radical (unpaired) electrons. The van der Waals surface area contributed by atoms with Gasteiger partial charge in [0.15, 0.2) is 5.82 Å². The van der Waals surface area contributed by atoms with Crippen LogP contribution >= 0.6 is 0 Å². The number of fused-ring (bicyclic) bond motifs is 3. The zero-order valence-corrected chi connectivity index (χ0v) is 13.5. The van der Waals surface area contributed by atoms with Gasteiger partial charge in [-0.25, -0.2) is 4.98 Å². The molecule has 2 aromatic heterocycles. The van der Waals surface area contributed by atoms with E-state index >= 15 is 0 Å². The Labute approximate surface area is 139 Å². The van der Waals surface area contributed by atoms with E-state index in [0.717, 1.165) is 22.3 Å². The zero-order chi connectivity index (χ0) is 16.5. The zero-order valence-electron chi connectivity index (χ0n) is 13.5. The molecule has 0 unspecified atom stereocenters. The first kappa shape index (κ1) is 14.4. The highest BCUT2D eigenvalue weighted by atomic mass is 16.5. The van der Waals surface area contributed by atoms with Crippen molar-refractivity contribution in [3.63, 3.8) is 0 Å². The molecule has 0 aliphatic heterocycles. The van der Waals surface area contributed by atoms with Gasteiger partial charge < -0.3 is 10.1 Å². The Kier molecular flexibility index (Phi) is 3.49. The van der Waals surface area contributed by atoms with Gasteiger partial charge in [0.2, 0.25) is 5.65 Å². The minimum absolute atomic E-state index is 0.594. The van der Waals surface area contributed by atoms with Gasteiger partial charge in [0.05, 0.1) is 18.1 Å². The van der Waals surface area contributed by atoms with Crippen LogP contribution < -0.4 is 10.1 Å². The predicted octanol–water partition coefficient (Wildman–Crippen LogP) is 3.21. The molecule has 1 N–H and O–H groups in total. The summed E-state index contributed by atoms with van der Waals surface area (Å²) in [5.41, 5.74) is 4.84. The van der Waals surface area contributed by atoms with Crippen molar-refractivity contribution in [3.8, 4) is 5.75 Å². The average Bonchev–Trinajstić information content (AvgIpc) is 3.10. The third-order valence-corrected chi connectivity index (χ3v) is 4.02. The number of nitrogens with zero attached hydrogens (tertiary/aromatic N) is 4. The summed E-state index contributed by atoms with van der Waals surface area (Å²) in [6.45, 7) is 2.65. The van der Waals surface area contributed by atoms with Gasteiger partial charge >= 0.3 is 0 Å². The molecule has 0 aliphatic rings. The standard InChI is InChI=1S/C18H17N5O/c1-12-7-8-14-15(9-12)23-11-20-22-18(23)17(21-14)19-10-13-5-3-4-6-16(13)24-2/h3-9,11H,10H2,1-2H3,(H,19,21). The maximum Gasteiger partial charge on any atom is 0.203 e. The SMILES string of the molecule is COc1ccccc1CNc1nc2ccc(C)cc2n2cnnc12. The Hall–Kier alpha value is -3.15. The third-order valence-electron chi connectivity index (χ3n) is 4.02. The summed E-state index contributed by atoms with van der Waals surface area (Å²) >= 11 is 0. The van der Waals surface area contributed by atoms with E-state index in [1.54, 1.807) is 13.4 Å². The lowest BCUT2D eigenvalue weighted by molar-refractivity contribution is 0.410. The van der Waals surface area contributed by atoms with Gasteiger partial charge in [-0.2, -0.15) is 0 Å². The van der Waals surface area contributed by atoms with Gasteiger partial charge in [-0.15, -0.1) is 10.2 Å². The minimum atomic E-state index is 0.594. The van der Waals surface area contributed by atoms with Gasteiger partial charge in [-0.3, -0.25) is 4.40 Å². The van der Waals surface area contributed by atoms with Crippen molar-refractivity contribution in [2.45, 2.75) is 13.5 Å². The molecule has 6 nitrogen and oxygen atoms in total. The van der Waals surface area contributed by atoms with Gasteiger partial charge in [0, 0.05) is 12.1 Å².